The fraction of sp³-hybridized carbons (Fsp3) is 0.333. The molecule has 0 fully saturated rings. The Labute approximate surface area is 89.1 Å². The molecule has 0 spiro atoms. The van der Waals surface area contributed by atoms with E-state index in [-0.39, 0.29) is 10.7 Å². The molecule has 0 aliphatic rings. The van der Waals surface area contributed by atoms with Gasteiger partial charge in [-0.25, -0.2) is 4.98 Å². The van der Waals surface area contributed by atoms with Gasteiger partial charge in [-0.3, -0.25) is 4.79 Å². The van der Waals surface area contributed by atoms with Crippen LogP contribution in [0.25, 0.3) is 0 Å². The molecule has 0 saturated carbocycles. The van der Waals surface area contributed by atoms with Crippen molar-refractivity contribution in [1.82, 2.24) is 4.98 Å². The van der Waals surface area contributed by atoms with Crippen LogP contribution >= 0.6 is 11.6 Å². The monoisotopic (exact) mass is 237 g/mol. The number of alkyl halides is 3. The SMILES string of the molecule is O=C(CCC(F)(F)F)c1ccc(Cl)nc1. The average Bonchev–Trinajstić information content (AvgIpc) is 2.14. The standard InChI is InChI=1S/C9H7ClF3NO/c10-8-2-1-6(5-14-8)7(15)3-4-9(11,12)13/h1-2,5H,3-4H2. The lowest BCUT2D eigenvalue weighted by Crippen LogP contribution is -2.11. The molecule has 15 heavy (non-hydrogen) atoms. The van der Waals surface area contributed by atoms with E-state index in [0.717, 1.165) is 0 Å². The number of rotatable bonds is 3. The van der Waals surface area contributed by atoms with Crippen molar-refractivity contribution >= 4 is 17.4 Å². The van der Waals surface area contributed by atoms with Crippen LogP contribution in [-0.2, 0) is 0 Å². The highest BCUT2D eigenvalue weighted by molar-refractivity contribution is 6.29. The van der Waals surface area contributed by atoms with Gasteiger partial charge in [0.1, 0.15) is 5.15 Å². The number of pyridine rings is 1. The van der Waals surface area contributed by atoms with Gasteiger partial charge in [0.25, 0.3) is 0 Å². The Morgan fingerprint density at radius 3 is 2.53 bits per heavy atom. The van der Waals surface area contributed by atoms with Crippen molar-refractivity contribution in [2.45, 2.75) is 19.0 Å². The van der Waals surface area contributed by atoms with Crippen LogP contribution in [0.2, 0.25) is 5.15 Å². The number of hydrogen-bond donors (Lipinski definition) is 0. The second kappa shape index (κ2) is 4.61. The van der Waals surface area contributed by atoms with Crippen LogP contribution in [0.3, 0.4) is 0 Å². The first-order valence-corrected chi connectivity index (χ1v) is 4.48. The lowest BCUT2D eigenvalue weighted by atomic mass is 10.1. The topological polar surface area (TPSA) is 30.0 Å². The van der Waals surface area contributed by atoms with Gasteiger partial charge < -0.3 is 0 Å². The van der Waals surface area contributed by atoms with Gasteiger partial charge in [-0.1, -0.05) is 11.6 Å². The zero-order chi connectivity index (χ0) is 11.5. The van der Waals surface area contributed by atoms with Crippen molar-refractivity contribution in [2.75, 3.05) is 0 Å². The van der Waals surface area contributed by atoms with Crippen molar-refractivity contribution in [1.29, 1.82) is 0 Å². The molecule has 0 unspecified atom stereocenters. The van der Waals surface area contributed by atoms with E-state index in [1.165, 1.54) is 18.3 Å². The zero-order valence-electron chi connectivity index (χ0n) is 7.51. The fourth-order valence-electron chi connectivity index (χ4n) is 0.940. The molecule has 0 bridgehead atoms. The molecule has 1 heterocycles. The highest BCUT2D eigenvalue weighted by Crippen LogP contribution is 2.22. The van der Waals surface area contributed by atoms with E-state index in [1.54, 1.807) is 0 Å². The van der Waals surface area contributed by atoms with Gasteiger partial charge in [-0.05, 0) is 12.1 Å². The number of nitrogens with zero attached hydrogens (tertiary/aromatic N) is 1. The summed E-state index contributed by atoms with van der Waals surface area (Å²) in [6.45, 7) is 0. The zero-order valence-corrected chi connectivity index (χ0v) is 8.27. The maximum absolute atomic E-state index is 11.8. The van der Waals surface area contributed by atoms with Crippen molar-refractivity contribution in [3.63, 3.8) is 0 Å². The Hall–Kier alpha value is -1.10. The third-order valence-electron chi connectivity index (χ3n) is 1.68. The molecule has 82 valence electrons. The number of Topliss-reactive ketones (excluding diaryl/α,β-unsaturated/α-hetero) is 1. The number of aromatic nitrogens is 1. The van der Waals surface area contributed by atoms with Gasteiger partial charge >= 0.3 is 6.18 Å². The number of halogens is 4. The summed E-state index contributed by atoms with van der Waals surface area (Å²) in [6, 6.07) is 2.72. The Bertz CT molecular complexity index is 347. The Morgan fingerprint density at radius 2 is 2.07 bits per heavy atom. The summed E-state index contributed by atoms with van der Waals surface area (Å²) in [6.07, 6.45) is -4.82. The predicted octanol–water partition coefficient (Wildman–Crippen LogP) is 3.26. The molecule has 0 aliphatic heterocycles. The van der Waals surface area contributed by atoms with Gasteiger partial charge in [0.2, 0.25) is 0 Å². The summed E-state index contributed by atoms with van der Waals surface area (Å²) in [4.78, 5) is 14.8. The minimum absolute atomic E-state index is 0.142. The van der Waals surface area contributed by atoms with Gasteiger partial charge in [-0.2, -0.15) is 13.2 Å². The summed E-state index contributed by atoms with van der Waals surface area (Å²) >= 11 is 5.46. The Kier molecular flexibility index (Phi) is 3.68. The molecule has 0 amide bonds. The normalized spacial score (nSPS) is 11.5. The first kappa shape index (κ1) is 12.0. The van der Waals surface area contributed by atoms with Crippen LogP contribution in [0.4, 0.5) is 13.2 Å². The highest BCUT2D eigenvalue weighted by atomic mass is 35.5. The van der Waals surface area contributed by atoms with E-state index in [9.17, 15) is 18.0 Å². The van der Waals surface area contributed by atoms with Crippen molar-refractivity contribution in [3.05, 3.63) is 29.0 Å². The highest BCUT2D eigenvalue weighted by Gasteiger charge is 2.28. The second-order valence-corrected chi connectivity index (χ2v) is 3.30. The van der Waals surface area contributed by atoms with Crippen LogP contribution in [0.5, 0.6) is 0 Å². The predicted molar refractivity (Wildman–Crippen MR) is 48.9 cm³/mol. The van der Waals surface area contributed by atoms with E-state index in [0.29, 0.717) is 0 Å². The number of carbonyl (C=O) groups is 1. The molecule has 0 N–H and O–H groups in total. The molecule has 0 aliphatic carbocycles. The fourth-order valence-corrected chi connectivity index (χ4v) is 1.05. The molecule has 0 atom stereocenters. The van der Waals surface area contributed by atoms with Gasteiger partial charge in [0, 0.05) is 18.2 Å². The first-order chi connectivity index (χ1) is 6.88. The summed E-state index contributed by atoms with van der Waals surface area (Å²) in [5.74, 6) is -0.587. The maximum Gasteiger partial charge on any atom is 0.389 e. The van der Waals surface area contributed by atoms with E-state index in [1.807, 2.05) is 0 Å². The smallest absolute Gasteiger partial charge is 0.294 e. The van der Waals surface area contributed by atoms with Crippen LogP contribution in [0.15, 0.2) is 18.3 Å². The second-order valence-electron chi connectivity index (χ2n) is 2.91. The molecular weight excluding hydrogens is 231 g/mol. The van der Waals surface area contributed by atoms with Crippen molar-refractivity contribution < 1.29 is 18.0 Å². The molecule has 0 saturated heterocycles. The molecule has 1 aromatic rings. The van der Waals surface area contributed by atoms with E-state index in [4.69, 9.17) is 11.6 Å². The van der Waals surface area contributed by atoms with E-state index < -0.39 is 24.8 Å². The van der Waals surface area contributed by atoms with Crippen LogP contribution < -0.4 is 0 Å². The molecular formula is C9H7ClF3NO. The lowest BCUT2D eigenvalue weighted by molar-refractivity contribution is -0.133. The van der Waals surface area contributed by atoms with Crippen molar-refractivity contribution in [2.24, 2.45) is 0 Å². The average molecular weight is 238 g/mol. The molecule has 0 aromatic carbocycles. The summed E-state index contributed by atoms with van der Waals surface area (Å²) in [5, 5.41) is 0.197. The summed E-state index contributed by atoms with van der Waals surface area (Å²) < 4.78 is 35.4. The maximum atomic E-state index is 11.8. The van der Waals surface area contributed by atoms with Gasteiger partial charge in [-0.15, -0.1) is 0 Å². The van der Waals surface area contributed by atoms with Crippen LogP contribution in [0.1, 0.15) is 23.2 Å². The molecule has 1 rings (SSSR count). The summed E-state index contributed by atoms with van der Waals surface area (Å²) in [5.41, 5.74) is 0.142. The largest absolute Gasteiger partial charge is 0.389 e. The van der Waals surface area contributed by atoms with E-state index in [2.05, 4.69) is 4.98 Å². The third kappa shape index (κ3) is 4.29. The van der Waals surface area contributed by atoms with Crippen LogP contribution in [0, 0.1) is 0 Å². The Balaban J connectivity index is 2.58. The van der Waals surface area contributed by atoms with Crippen molar-refractivity contribution in [3.8, 4) is 0 Å². The first-order valence-electron chi connectivity index (χ1n) is 4.10. The number of hydrogen-bond acceptors (Lipinski definition) is 2. The number of carbonyl (C=O) groups excluding carboxylic acids is 1. The lowest BCUT2D eigenvalue weighted by Gasteiger charge is -2.04. The molecule has 6 heteroatoms. The molecule has 1 aromatic heterocycles. The minimum Gasteiger partial charge on any atom is -0.294 e. The van der Waals surface area contributed by atoms with Crippen LogP contribution in [-0.4, -0.2) is 16.9 Å². The van der Waals surface area contributed by atoms with E-state index >= 15 is 0 Å². The molecule has 0 radical (unpaired) electrons. The summed E-state index contributed by atoms with van der Waals surface area (Å²) in [7, 11) is 0. The quantitative estimate of drug-likeness (QED) is 0.597. The minimum atomic E-state index is -4.31. The van der Waals surface area contributed by atoms with Gasteiger partial charge in [0.05, 0.1) is 6.42 Å². The third-order valence-corrected chi connectivity index (χ3v) is 1.91. The van der Waals surface area contributed by atoms with Gasteiger partial charge in [0.15, 0.2) is 5.78 Å². The Morgan fingerprint density at radius 1 is 1.40 bits per heavy atom. The molecule has 2 nitrogen and oxygen atoms in total. The number of ketones is 1.